The Morgan fingerprint density at radius 1 is 1.22 bits per heavy atom. The van der Waals surface area contributed by atoms with Gasteiger partial charge in [-0.1, -0.05) is 13.0 Å². The fraction of sp³-hybridized carbons (Fsp3) is 0.391. The zero-order chi connectivity index (χ0) is 26.7. The number of nitrogens with zero attached hydrogens (tertiary/aromatic N) is 2. The predicted octanol–water partition coefficient (Wildman–Crippen LogP) is 5.24. The molecular weight excluding hydrogens is 497 g/mol. The Hall–Kier alpha value is -3.35. The number of hydrogen-bond donors (Lipinski definition) is 2. The van der Waals surface area contributed by atoms with E-state index >= 15 is 0 Å². The Morgan fingerprint density at radius 2 is 1.94 bits per heavy atom. The lowest BCUT2D eigenvalue weighted by Gasteiger charge is -2.35. The molecule has 0 radical (unpaired) electrons. The minimum Gasteiger partial charge on any atom is -0.478 e. The van der Waals surface area contributed by atoms with Gasteiger partial charge in [0.2, 0.25) is 12.0 Å². The van der Waals surface area contributed by atoms with E-state index in [2.05, 4.69) is 15.7 Å². The van der Waals surface area contributed by atoms with Crippen molar-refractivity contribution in [1.82, 2.24) is 15.7 Å². The summed E-state index contributed by atoms with van der Waals surface area (Å²) in [6.07, 6.45) is -3.16. The minimum atomic E-state index is -4.76. The topological polar surface area (TPSA) is 66.5 Å². The average Bonchev–Trinajstić information content (AvgIpc) is 2.98. The highest BCUT2D eigenvalue weighted by Gasteiger charge is 2.52. The summed E-state index contributed by atoms with van der Waals surface area (Å²) in [5.74, 6) is -1.21. The lowest BCUT2D eigenvalue weighted by molar-refractivity contribution is -0.258. The van der Waals surface area contributed by atoms with Crippen LogP contribution in [0.2, 0.25) is 0 Å². The van der Waals surface area contributed by atoms with E-state index in [1.807, 2.05) is 0 Å². The molecule has 1 aromatic rings. The van der Waals surface area contributed by atoms with Crippen LogP contribution in [-0.4, -0.2) is 35.8 Å². The summed E-state index contributed by atoms with van der Waals surface area (Å²) in [6, 6.07) is 0.208. The molecule has 0 bridgehead atoms. The largest absolute Gasteiger partial charge is 0.478 e. The van der Waals surface area contributed by atoms with Crippen molar-refractivity contribution in [2.24, 2.45) is 0 Å². The van der Waals surface area contributed by atoms with Gasteiger partial charge in [0, 0.05) is 25.2 Å². The molecular formula is C23H23F7N4O2. The fourth-order valence-electron chi connectivity index (χ4n) is 3.46. The molecule has 0 spiro atoms. The molecule has 6 nitrogen and oxygen atoms in total. The SMILES string of the molecule is CCC(C)(OC1=CC(C2=CC(NC=O)CNN2c2cncc(C(F)(F)F)c2)=CCC(F)=C1)C(F)(F)F. The van der Waals surface area contributed by atoms with Crippen molar-refractivity contribution in [3.63, 3.8) is 0 Å². The number of hydrazine groups is 1. The second kappa shape index (κ2) is 10.3. The number of rotatable bonds is 7. The van der Waals surface area contributed by atoms with Gasteiger partial charge in [-0.3, -0.25) is 14.8 Å². The second-order valence-corrected chi connectivity index (χ2v) is 8.26. The van der Waals surface area contributed by atoms with Crippen molar-refractivity contribution >= 4 is 12.1 Å². The molecule has 0 saturated carbocycles. The summed E-state index contributed by atoms with van der Waals surface area (Å²) in [7, 11) is 0. The molecule has 36 heavy (non-hydrogen) atoms. The maximum Gasteiger partial charge on any atom is 0.427 e. The Labute approximate surface area is 202 Å². The monoisotopic (exact) mass is 520 g/mol. The first kappa shape index (κ1) is 27.2. The summed E-state index contributed by atoms with van der Waals surface area (Å²) in [5.41, 5.74) is -0.520. The molecule has 2 atom stereocenters. The Bertz CT molecular complexity index is 1110. The van der Waals surface area contributed by atoms with Crippen molar-refractivity contribution in [2.45, 2.75) is 50.7 Å². The third kappa shape index (κ3) is 6.07. The fourth-order valence-corrected chi connectivity index (χ4v) is 3.46. The summed E-state index contributed by atoms with van der Waals surface area (Å²) in [4.78, 5) is 14.6. The number of halogens is 7. The van der Waals surface area contributed by atoms with E-state index in [1.165, 1.54) is 24.1 Å². The highest BCUT2D eigenvalue weighted by Crippen LogP contribution is 2.39. The molecule has 1 aliphatic carbocycles. The van der Waals surface area contributed by atoms with Crippen LogP contribution in [0.15, 0.2) is 65.6 Å². The summed E-state index contributed by atoms with van der Waals surface area (Å²) < 4.78 is 100. The van der Waals surface area contributed by atoms with E-state index in [0.29, 0.717) is 12.6 Å². The molecule has 2 aliphatic rings. The van der Waals surface area contributed by atoms with E-state index in [0.717, 1.165) is 31.3 Å². The Kier molecular flexibility index (Phi) is 7.82. The van der Waals surface area contributed by atoms with Gasteiger partial charge in [-0.2, -0.15) is 26.3 Å². The summed E-state index contributed by atoms with van der Waals surface area (Å²) in [5, 5.41) is 3.74. The van der Waals surface area contributed by atoms with Gasteiger partial charge < -0.3 is 10.1 Å². The van der Waals surface area contributed by atoms with Crippen molar-refractivity contribution in [1.29, 1.82) is 0 Å². The first-order chi connectivity index (χ1) is 16.8. The number of carbonyl (C=O) groups excluding carboxylic acids is 1. The molecule has 1 aliphatic heterocycles. The predicted molar refractivity (Wildman–Crippen MR) is 117 cm³/mol. The summed E-state index contributed by atoms with van der Waals surface area (Å²) in [6.45, 7) is 2.18. The smallest absolute Gasteiger partial charge is 0.427 e. The quantitative estimate of drug-likeness (QED) is 0.381. The van der Waals surface area contributed by atoms with Gasteiger partial charge in [-0.25, -0.2) is 9.82 Å². The molecule has 1 amide bonds. The van der Waals surface area contributed by atoms with Crippen molar-refractivity contribution in [3.05, 3.63) is 71.2 Å². The van der Waals surface area contributed by atoms with Gasteiger partial charge >= 0.3 is 12.4 Å². The normalized spacial score (nSPS) is 20.8. The standard InChI is InChI=1S/C23H23F7N4O2/c1-3-21(2,23(28,29)30)36-19-6-14(4-5-16(24)8-19)20-9-17(32-13-35)11-33-34(20)18-7-15(10-31-12-18)22(25,26)27/h4,6-10,12-13,17,33H,3,5,11H2,1-2H3,(H,32,35). The number of ether oxygens (including phenoxy) is 1. The van der Waals surface area contributed by atoms with Crippen molar-refractivity contribution in [2.75, 3.05) is 11.6 Å². The van der Waals surface area contributed by atoms with Gasteiger partial charge in [-0.15, -0.1) is 0 Å². The van der Waals surface area contributed by atoms with Crippen LogP contribution < -0.4 is 15.8 Å². The Morgan fingerprint density at radius 3 is 2.56 bits per heavy atom. The van der Waals surface area contributed by atoms with Gasteiger partial charge in [-0.05, 0) is 37.1 Å². The van der Waals surface area contributed by atoms with Gasteiger partial charge in [0.1, 0.15) is 11.6 Å². The van der Waals surface area contributed by atoms with Gasteiger partial charge in [0.15, 0.2) is 0 Å². The highest BCUT2D eigenvalue weighted by atomic mass is 19.4. The average molecular weight is 520 g/mol. The number of anilines is 1. The molecule has 2 unspecified atom stereocenters. The Balaban J connectivity index is 2.08. The molecule has 3 rings (SSSR count). The van der Waals surface area contributed by atoms with Gasteiger partial charge in [0.25, 0.3) is 0 Å². The number of allylic oxidation sites excluding steroid dienone is 4. The van der Waals surface area contributed by atoms with E-state index in [-0.39, 0.29) is 29.9 Å². The van der Waals surface area contributed by atoms with E-state index < -0.39 is 47.6 Å². The van der Waals surface area contributed by atoms with Crippen LogP contribution in [0, 0.1) is 0 Å². The van der Waals surface area contributed by atoms with Crippen LogP contribution in [0.5, 0.6) is 0 Å². The maximum atomic E-state index is 14.4. The molecule has 13 heteroatoms. The lowest BCUT2D eigenvalue weighted by atomic mass is 10.0. The third-order valence-electron chi connectivity index (χ3n) is 5.69. The minimum absolute atomic E-state index is 0.0382. The van der Waals surface area contributed by atoms with Crippen LogP contribution in [0.1, 0.15) is 32.3 Å². The van der Waals surface area contributed by atoms with Crippen LogP contribution in [-0.2, 0) is 15.7 Å². The molecule has 1 aromatic heterocycles. The van der Waals surface area contributed by atoms with Crippen LogP contribution >= 0.6 is 0 Å². The zero-order valence-electron chi connectivity index (χ0n) is 19.2. The number of carbonyl (C=O) groups is 1. The maximum absolute atomic E-state index is 14.4. The lowest BCUT2D eigenvalue weighted by Crippen LogP contribution is -2.50. The number of hydrogen-bond acceptors (Lipinski definition) is 5. The van der Waals surface area contributed by atoms with E-state index in [1.54, 1.807) is 0 Å². The van der Waals surface area contributed by atoms with Gasteiger partial charge in [0.05, 0.1) is 29.2 Å². The highest BCUT2D eigenvalue weighted by molar-refractivity contribution is 5.61. The van der Waals surface area contributed by atoms with Crippen LogP contribution in [0.25, 0.3) is 0 Å². The first-order valence-electron chi connectivity index (χ1n) is 10.8. The molecule has 0 fully saturated rings. The molecule has 0 saturated heterocycles. The van der Waals surface area contributed by atoms with E-state index in [9.17, 15) is 35.5 Å². The third-order valence-corrected chi connectivity index (χ3v) is 5.69. The number of aromatic nitrogens is 1. The summed E-state index contributed by atoms with van der Waals surface area (Å²) >= 11 is 0. The second-order valence-electron chi connectivity index (χ2n) is 8.26. The number of nitrogens with one attached hydrogen (secondary N) is 2. The number of pyridine rings is 1. The van der Waals surface area contributed by atoms with Crippen molar-refractivity contribution < 1.29 is 40.3 Å². The molecule has 2 heterocycles. The molecule has 196 valence electrons. The zero-order valence-corrected chi connectivity index (χ0v) is 19.2. The first-order valence-corrected chi connectivity index (χ1v) is 10.8. The van der Waals surface area contributed by atoms with Crippen molar-refractivity contribution in [3.8, 4) is 0 Å². The van der Waals surface area contributed by atoms with E-state index in [4.69, 9.17) is 4.74 Å². The van der Waals surface area contributed by atoms with Crippen LogP contribution in [0.3, 0.4) is 0 Å². The number of amides is 1. The van der Waals surface area contributed by atoms with Crippen LogP contribution in [0.4, 0.5) is 36.4 Å². The molecule has 2 N–H and O–H groups in total. The molecule has 0 aromatic carbocycles. The number of alkyl halides is 6.